The molecule has 0 unspecified atom stereocenters. The van der Waals surface area contributed by atoms with E-state index in [9.17, 15) is 0 Å². The Hall–Kier alpha value is -6.12. The zero-order chi connectivity index (χ0) is 30.5. The van der Waals surface area contributed by atoms with Gasteiger partial charge >= 0.3 is 0 Å². The van der Waals surface area contributed by atoms with E-state index in [0.717, 1.165) is 50.1 Å². The molecule has 0 aliphatic carbocycles. The molecule has 2 nitrogen and oxygen atoms in total. The SMILES string of the molecule is c1ccc(-c2ccccc2N(c2ccc(-c3cccc4c3oc3ccccc34)cc2)c2ccc3c(ccc4ccccc43)c2)cc1. The first-order chi connectivity index (χ1) is 22.8. The summed E-state index contributed by atoms with van der Waals surface area (Å²) in [6, 6.07) is 62.7. The zero-order valence-electron chi connectivity index (χ0n) is 25.1. The predicted octanol–water partition coefficient (Wildman–Crippen LogP) is 12.7. The number of benzene rings is 8. The molecule has 0 atom stereocenters. The number of hydrogen-bond acceptors (Lipinski definition) is 2. The Morgan fingerprint density at radius 2 is 1.00 bits per heavy atom. The van der Waals surface area contributed by atoms with Gasteiger partial charge in [-0.05, 0) is 69.1 Å². The van der Waals surface area contributed by atoms with Crippen molar-refractivity contribution in [3.63, 3.8) is 0 Å². The second-order valence-electron chi connectivity index (χ2n) is 11.7. The minimum atomic E-state index is 0.911. The van der Waals surface area contributed by atoms with E-state index in [1.54, 1.807) is 0 Å². The second kappa shape index (κ2) is 10.8. The van der Waals surface area contributed by atoms with E-state index in [4.69, 9.17) is 4.42 Å². The lowest BCUT2D eigenvalue weighted by atomic mass is 9.99. The molecule has 0 amide bonds. The van der Waals surface area contributed by atoms with Gasteiger partial charge in [-0.15, -0.1) is 0 Å². The van der Waals surface area contributed by atoms with E-state index in [2.05, 4.69) is 169 Å². The fraction of sp³-hybridized carbons (Fsp3) is 0. The molecule has 46 heavy (non-hydrogen) atoms. The number of anilines is 3. The summed E-state index contributed by atoms with van der Waals surface area (Å²) in [5.41, 5.74) is 9.73. The van der Waals surface area contributed by atoms with Gasteiger partial charge in [0.25, 0.3) is 0 Å². The van der Waals surface area contributed by atoms with E-state index in [-0.39, 0.29) is 0 Å². The van der Waals surface area contributed by atoms with Crippen molar-refractivity contribution < 1.29 is 4.42 Å². The van der Waals surface area contributed by atoms with Gasteiger partial charge in [-0.1, -0.05) is 140 Å². The highest BCUT2D eigenvalue weighted by atomic mass is 16.3. The van der Waals surface area contributed by atoms with Crippen LogP contribution < -0.4 is 4.90 Å². The molecule has 2 heteroatoms. The molecule has 1 aromatic heterocycles. The Balaban J connectivity index is 1.22. The van der Waals surface area contributed by atoms with Gasteiger partial charge in [-0.3, -0.25) is 0 Å². The Kier molecular flexibility index (Phi) is 6.17. The summed E-state index contributed by atoms with van der Waals surface area (Å²) in [6.07, 6.45) is 0. The molecule has 0 fully saturated rings. The molecular formula is C44H29NO. The zero-order valence-corrected chi connectivity index (χ0v) is 25.1. The monoisotopic (exact) mass is 587 g/mol. The molecule has 0 radical (unpaired) electrons. The van der Waals surface area contributed by atoms with E-state index >= 15 is 0 Å². The number of nitrogens with zero attached hydrogens (tertiary/aromatic N) is 1. The van der Waals surface area contributed by atoms with Crippen molar-refractivity contribution in [1.82, 2.24) is 0 Å². The third-order valence-corrected chi connectivity index (χ3v) is 9.06. The number of furan rings is 1. The molecular weight excluding hydrogens is 558 g/mol. The van der Waals surface area contributed by atoms with Gasteiger partial charge in [0, 0.05) is 33.3 Å². The summed E-state index contributed by atoms with van der Waals surface area (Å²) in [5, 5.41) is 7.28. The largest absolute Gasteiger partial charge is 0.455 e. The molecule has 0 saturated heterocycles. The van der Waals surface area contributed by atoms with Crippen LogP contribution >= 0.6 is 0 Å². The number of fused-ring (bicyclic) bond motifs is 6. The Morgan fingerprint density at radius 3 is 1.89 bits per heavy atom. The lowest BCUT2D eigenvalue weighted by molar-refractivity contribution is 0.670. The van der Waals surface area contributed by atoms with Crippen LogP contribution in [0.3, 0.4) is 0 Å². The maximum atomic E-state index is 6.38. The lowest BCUT2D eigenvalue weighted by Crippen LogP contribution is -2.11. The number of para-hydroxylation sites is 3. The molecule has 0 N–H and O–H groups in total. The van der Waals surface area contributed by atoms with Gasteiger partial charge in [0.15, 0.2) is 0 Å². The van der Waals surface area contributed by atoms with Gasteiger partial charge in [0.05, 0.1) is 5.69 Å². The van der Waals surface area contributed by atoms with Crippen molar-refractivity contribution in [2.75, 3.05) is 4.90 Å². The minimum Gasteiger partial charge on any atom is -0.455 e. The number of rotatable bonds is 5. The minimum absolute atomic E-state index is 0.911. The molecule has 0 saturated carbocycles. The summed E-state index contributed by atoms with van der Waals surface area (Å²) in [5.74, 6) is 0. The van der Waals surface area contributed by atoms with Crippen molar-refractivity contribution in [3.8, 4) is 22.3 Å². The molecule has 0 spiro atoms. The van der Waals surface area contributed by atoms with Crippen LogP contribution in [0.15, 0.2) is 180 Å². The topological polar surface area (TPSA) is 16.4 Å². The van der Waals surface area contributed by atoms with Gasteiger partial charge in [0.2, 0.25) is 0 Å². The van der Waals surface area contributed by atoms with Crippen molar-refractivity contribution in [2.45, 2.75) is 0 Å². The highest BCUT2D eigenvalue weighted by Crippen LogP contribution is 2.43. The second-order valence-corrected chi connectivity index (χ2v) is 11.7. The first-order valence-corrected chi connectivity index (χ1v) is 15.7. The molecule has 0 aliphatic rings. The average molecular weight is 588 g/mol. The quantitative estimate of drug-likeness (QED) is 0.186. The van der Waals surface area contributed by atoms with Crippen LogP contribution in [0.5, 0.6) is 0 Å². The fourth-order valence-electron chi connectivity index (χ4n) is 6.86. The average Bonchev–Trinajstić information content (AvgIpc) is 3.52. The third kappa shape index (κ3) is 4.35. The Morgan fingerprint density at radius 1 is 0.370 bits per heavy atom. The Bertz CT molecular complexity index is 2530. The van der Waals surface area contributed by atoms with Crippen LogP contribution in [0.2, 0.25) is 0 Å². The van der Waals surface area contributed by atoms with Crippen LogP contribution in [0.4, 0.5) is 17.1 Å². The molecule has 8 aromatic carbocycles. The predicted molar refractivity (Wildman–Crippen MR) is 194 cm³/mol. The third-order valence-electron chi connectivity index (χ3n) is 9.06. The highest BCUT2D eigenvalue weighted by molar-refractivity contribution is 6.10. The first-order valence-electron chi connectivity index (χ1n) is 15.7. The van der Waals surface area contributed by atoms with Gasteiger partial charge in [-0.2, -0.15) is 0 Å². The molecule has 0 aliphatic heterocycles. The summed E-state index contributed by atoms with van der Waals surface area (Å²) in [6.45, 7) is 0. The molecule has 9 aromatic rings. The summed E-state index contributed by atoms with van der Waals surface area (Å²) < 4.78 is 6.38. The van der Waals surface area contributed by atoms with Crippen LogP contribution in [-0.2, 0) is 0 Å². The molecule has 9 rings (SSSR count). The lowest BCUT2D eigenvalue weighted by Gasteiger charge is -2.28. The van der Waals surface area contributed by atoms with E-state index in [0.29, 0.717) is 0 Å². The summed E-state index contributed by atoms with van der Waals surface area (Å²) >= 11 is 0. The number of hydrogen-bond donors (Lipinski definition) is 0. The van der Waals surface area contributed by atoms with Crippen LogP contribution in [0.1, 0.15) is 0 Å². The van der Waals surface area contributed by atoms with Crippen molar-refractivity contribution in [2.24, 2.45) is 0 Å². The van der Waals surface area contributed by atoms with Gasteiger partial charge in [-0.25, -0.2) is 0 Å². The van der Waals surface area contributed by atoms with Crippen molar-refractivity contribution in [1.29, 1.82) is 0 Å². The molecule has 1 heterocycles. The van der Waals surface area contributed by atoms with Gasteiger partial charge in [0.1, 0.15) is 11.2 Å². The maximum absolute atomic E-state index is 6.38. The van der Waals surface area contributed by atoms with E-state index in [1.807, 2.05) is 12.1 Å². The summed E-state index contributed by atoms with van der Waals surface area (Å²) in [7, 11) is 0. The van der Waals surface area contributed by atoms with Crippen molar-refractivity contribution in [3.05, 3.63) is 176 Å². The first kappa shape index (κ1) is 26.3. The van der Waals surface area contributed by atoms with Crippen LogP contribution in [-0.4, -0.2) is 0 Å². The Labute approximate surface area is 267 Å². The normalized spacial score (nSPS) is 11.5. The molecule has 0 bridgehead atoms. The van der Waals surface area contributed by atoms with Crippen molar-refractivity contribution >= 4 is 60.5 Å². The van der Waals surface area contributed by atoms with E-state index in [1.165, 1.54) is 32.7 Å². The smallest absolute Gasteiger partial charge is 0.143 e. The van der Waals surface area contributed by atoms with Crippen LogP contribution in [0, 0.1) is 0 Å². The fourth-order valence-corrected chi connectivity index (χ4v) is 6.86. The van der Waals surface area contributed by atoms with E-state index < -0.39 is 0 Å². The molecule has 216 valence electrons. The standard InChI is InChI=1S/C44H29NO/c1-2-11-30(12-3-1)38-15-6-8-19-42(38)45(35-27-28-37-33(29-35)22-21-31-13-4-5-14-36(31)37)34-25-23-32(24-26-34)39-17-10-18-41-40-16-7-9-20-43(40)46-44(39)41/h1-29H. The highest BCUT2D eigenvalue weighted by Gasteiger charge is 2.19. The van der Waals surface area contributed by atoms with Gasteiger partial charge < -0.3 is 9.32 Å². The van der Waals surface area contributed by atoms with Crippen LogP contribution in [0.25, 0.3) is 65.7 Å². The maximum Gasteiger partial charge on any atom is 0.143 e. The summed E-state index contributed by atoms with van der Waals surface area (Å²) in [4.78, 5) is 2.38.